The topological polar surface area (TPSA) is 59.6 Å². The van der Waals surface area contributed by atoms with Crippen LogP contribution < -0.4 is 20.1 Å². The summed E-state index contributed by atoms with van der Waals surface area (Å²) in [6.45, 7) is 8.40. The van der Waals surface area contributed by atoms with Gasteiger partial charge in [0, 0.05) is 23.7 Å². The van der Waals surface area contributed by atoms with Crippen LogP contribution in [0.4, 0.5) is 11.4 Å². The zero-order valence-electron chi connectivity index (χ0n) is 15.8. The molecule has 26 heavy (non-hydrogen) atoms. The molecule has 0 unspecified atom stereocenters. The number of rotatable bonds is 6. The van der Waals surface area contributed by atoms with Crippen molar-refractivity contribution in [1.29, 1.82) is 0 Å². The quantitative estimate of drug-likeness (QED) is 0.818. The molecule has 5 nitrogen and oxygen atoms in total. The molecule has 0 saturated heterocycles. The first-order chi connectivity index (χ1) is 12.5. The molecule has 0 bridgehead atoms. The number of nitrogens with one attached hydrogen (secondary N) is 2. The molecular formula is C21H26N2O3. The molecule has 2 aromatic rings. The van der Waals surface area contributed by atoms with Gasteiger partial charge in [-0.15, -0.1) is 0 Å². The predicted octanol–water partition coefficient (Wildman–Crippen LogP) is 4.16. The molecule has 0 spiro atoms. The van der Waals surface area contributed by atoms with Gasteiger partial charge in [0.15, 0.2) is 0 Å². The highest BCUT2D eigenvalue weighted by molar-refractivity contribution is 5.96. The normalized spacial score (nSPS) is 16.4. The summed E-state index contributed by atoms with van der Waals surface area (Å²) in [7, 11) is 0. The summed E-state index contributed by atoms with van der Waals surface area (Å²) in [4.78, 5) is 12.5. The Hall–Kier alpha value is -2.69. The van der Waals surface area contributed by atoms with Gasteiger partial charge in [0.25, 0.3) is 0 Å². The third-order valence-corrected chi connectivity index (χ3v) is 4.38. The van der Waals surface area contributed by atoms with Crippen LogP contribution in [0, 0.1) is 6.92 Å². The Balaban J connectivity index is 1.73. The van der Waals surface area contributed by atoms with E-state index in [1.807, 2.05) is 64.1 Å². The predicted molar refractivity (Wildman–Crippen MR) is 104 cm³/mol. The van der Waals surface area contributed by atoms with E-state index in [2.05, 4.69) is 10.6 Å². The second-order valence-electron chi connectivity index (χ2n) is 6.74. The lowest BCUT2D eigenvalue weighted by Crippen LogP contribution is -2.32. The van der Waals surface area contributed by atoms with Gasteiger partial charge in [0.2, 0.25) is 5.91 Å². The van der Waals surface area contributed by atoms with Crippen LogP contribution in [0.2, 0.25) is 0 Å². The summed E-state index contributed by atoms with van der Waals surface area (Å²) in [5.41, 5.74) is 3.85. The van der Waals surface area contributed by atoms with Crippen LogP contribution in [0.5, 0.6) is 11.5 Å². The van der Waals surface area contributed by atoms with E-state index in [9.17, 15) is 4.79 Å². The van der Waals surface area contributed by atoms with Gasteiger partial charge in [-0.25, -0.2) is 0 Å². The molecule has 138 valence electrons. The maximum atomic E-state index is 12.5. The number of hydrogen-bond acceptors (Lipinski definition) is 4. The van der Waals surface area contributed by atoms with Crippen molar-refractivity contribution < 1.29 is 14.3 Å². The standard InChI is InChI=1S/C21H26N2O3/c1-5-25-20-11-16-10-14(3)26-19(16)12-18(20)22-15(4)21(24)23-17-8-6-13(2)7-9-17/h6-9,11-12,14-15,22H,5,10H2,1-4H3,(H,23,24)/t14-,15+/m1/s1. The Labute approximate surface area is 154 Å². The lowest BCUT2D eigenvalue weighted by atomic mass is 10.1. The average Bonchev–Trinajstić information content (AvgIpc) is 2.96. The van der Waals surface area contributed by atoms with E-state index < -0.39 is 6.04 Å². The summed E-state index contributed by atoms with van der Waals surface area (Å²) in [5.74, 6) is 1.50. The average molecular weight is 354 g/mol. The molecule has 1 heterocycles. The summed E-state index contributed by atoms with van der Waals surface area (Å²) in [6.07, 6.45) is 1.04. The van der Waals surface area contributed by atoms with Crippen molar-refractivity contribution in [3.8, 4) is 11.5 Å². The number of amides is 1. The molecule has 0 saturated carbocycles. The Bertz CT molecular complexity index is 787. The van der Waals surface area contributed by atoms with Crippen molar-refractivity contribution in [2.75, 3.05) is 17.2 Å². The number of carbonyl (C=O) groups is 1. The molecule has 5 heteroatoms. The van der Waals surface area contributed by atoms with Gasteiger partial charge in [-0.05, 0) is 45.9 Å². The van der Waals surface area contributed by atoms with Gasteiger partial charge in [-0.3, -0.25) is 4.79 Å². The van der Waals surface area contributed by atoms with Crippen molar-refractivity contribution in [3.05, 3.63) is 47.5 Å². The third kappa shape index (κ3) is 4.10. The van der Waals surface area contributed by atoms with Crippen LogP contribution in [-0.4, -0.2) is 24.7 Å². The molecule has 0 fully saturated rings. The number of aryl methyl sites for hydroxylation is 1. The van der Waals surface area contributed by atoms with Gasteiger partial charge in [0.1, 0.15) is 23.6 Å². The van der Waals surface area contributed by atoms with Crippen LogP contribution in [0.1, 0.15) is 31.9 Å². The van der Waals surface area contributed by atoms with Crippen molar-refractivity contribution in [2.45, 2.75) is 46.3 Å². The van der Waals surface area contributed by atoms with Crippen LogP contribution in [0.15, 0.2) is 36.4 Å². The SMILES string of the molecule is CCOc1cc2c(cc1N[C@@H](C)C(=O)Nc1ccc(C)cc1)O[C@H](C)C2. The van der Waals surface area contributed by atoms with E-state index >= 15 is 0 Å². The Morgan fingerprint density at radius 3 is 2.73 bits per heavy atom. The number of anilines is 2. The monoisotopic (exact) mass is 354 g/mol. The van der Waals surface area contributed by atoms with Gasteiger partial charge in [-0.2, -0.15) is 0 Å². The van der Waals surface area contributed by atoms with E-state index in [-0.39, 0.29) is 12.0 Å². The van der Waals surface area contributed by atoms with E-state index in [1.165, 1.54) is 0 Å². The fraction of sp³-hybridized carbons (Fsp3) is 0.381. The second-order valence-corrected chi connectivity index (χ2v) is 6.74. The Kier molecular flexibility index (Phi) is 5.35. The van der Waals surface area contributed by atoms with E-state index in [1.54, 1.807) is 0 Å². The molecular weight excluding hydrogens is 328 g/mol. The largest absolute Gasteiger partial charge is 0.492 e. The molecule has 0 aliphatic carbocycles. The summed E-state index contributed by atoms with van der Waals surface area (Å²) in [6, 6.07) is 11.3. The lowest BCUT2D eigenvalue weighted by Gasteiger charge is -2.19. The molecule has 1 aliphatic rings. The minimum absolute atomic E-state index is 0.105. The van der Waals surface area contributed by atoms with Crippen LogP contribution in [0.3, 0.4) is 0 Å². The maximum Gasteiger partial charge on any atom is 0.246 e. The van der Waals surface area contributed by atoms with Gasteiger partial charge < -0.3 is 20.1 Å². The zero-order chi connectivity index (χ0) is 18.7. The third-order valence-electron chi connectivity index (χ3n) is 4.38. The van der Waals surface area contributed by atoms with Crippen LogP contribution in [0.25, 0.3) is 0 Å². The molecule has 1 amide bonds. The first kappa shape index (κ1) is 18.1. The minimum atomic E-state index is -0.424. The molecule has 0 aromatic heterocycles. The fourth-order valence-corrected chi connectivity index (χ4v) is 3.01. The van der Waals surface area contributed by atoms with E-state index in [4.69, 9.17) is 9.47 Å². The van der Waals surface area contributed by atoms with Crippen molar-refractivity contribution in [3.63, 3.8) is 0 Å². The highest BCUT2D eigenvalue weighted by Crippen LogP contribution is 2.38. The van der Waals surface area contributed by atoms with Crippen molar-refractivity contribution in [1.82, 2.24) is 0 Å². The zero-order valence-corrected chi connectivity index (χ0v) is 15.8. The summed E-state index contributed by atoms with van der Waals surface area (Å²) in [5, 5.41) is 6.18. The first-order valence-electron chi connectivity index (χ1n) is 9.06. The molecule has 0 radical (unpaired) electrons. The fourth-order valence-electron chi connectivity index (χ4n) is 3.01. The molecule has 3 rings (SSSR count). The van der Waals surface area contributed by atoms with E-state index in [0.717, 1.165) is 40.4 Å². The molecule has 1 aliphatic heterocycles. The van der Waals surface area contributed by atoms with Crippen molar-refractivity contribution >= 4 is 17.3 Å². The van der Waals surface area contributed by atoms with Crippen LogP contribution in [-0.2, 0) is 11.2 Å². The first-order valence-corrected chi connectivity index (χ1v) is 9.06. The lowest BCUT2D eigenvalue weighted by molar-refractivity contribution is -0.116. The number of ether oxygens (including phenoxy) is 2. The molecule has 2 N–H and O–H groups in total. The van der Waals surface area contributed by atoms with Crippen LogP contribution >= 0.6 is 0 Å². The Morgan fingerprint density at radius 2 is 2.04 bits per heavy atom. The summed E-state index contributed by atoms with van der Waals surface area (Å²) >= 11 is 0. The smallest absolute Gasteiger partial charge is 0.246 e. The maximum absolute atomic E-state index is 12.5. The number of fused-ring (bicyclic) bond motifs is 1. The second kappa shape index (κ2) is 7.68. The van der Waals surface area contributed by atoms with Gasteiger partial charge in [-0.1, -0.05) is 17.7 Å². The molecule has 2 aromatic carbocycles. The molecule has 2 atom stereocenters. The minimum Gasteiger partial charge on any atom is -0.492 e. The highest BCUT2D eigenvalue weighted by Gasteiger charge is 2.23. The highest BCUT2D eigenvalue weighted by atomic mass is 16.5. The van der Waals surface area contributed by atoms with Gasteiger partial charge in [0.05, 0.1) is 12.3 Å². The Morgan fingerprint density at radius 1 is 1.31 bits per heavy atom. The summed E-state index contributed by atoms with van der Waals surface area (Å²) < 4.78 is 11.6. The van der Waals surface area contributed by atoms with E-state index in [0.29, 0.717) is 6.61 Å². The number of benzene rings is 2. The number of carbonyl (C=O) groups excluding carboxylic acids is 1. The number of hydrogen-bond donors (Lipinski definition) is 2. The van der Waals surface area contributed by atoms with Crippen molar-refractivity contribution in [2.24, 2.45) is 0 Å². The van der Waals surface area contributed by atoms with Gasteiger partial charge >= 0.3 is 0 Å².